The van der Waals surface area contributed by atoms with Crippen molar-refractivity contribution >= 4 is 15.9 Å². The Labute approximate surface area is 175 Å². The molecule has 1 saturated heterocycles. The van der Waals surface area contributed by atoms with E-state index in [2.05, 4.69) is 46.8 Å². The fraction of sp³-hybridized carbons (Fsp3) is 0.478. The molecule has 0 aliphatic carbocycles. The van der Waals surface area contributed by atoms with E-state index in [1.165, 1.54) is 11.1 Å². The number of benzene rings is 2. The Morgan fingerprint density at radius 1 is 1.14 bits per heavy atom. The van der Waals surface area contributed by atoms with Crippen LogP contribution >= 0.6 is 15.9 Å². The molecule has 0 aromatic heterocycles. The number of likely N-dealkylation sites (tertiary alicyclic amines) is 1. The molecule has 1 fully saturated rings. The van der Waals surface area contributed by atoms with Crippen LogP contribution in [0.25, 0.3) is 0 Å². The summed E-state index contributed by atoms with van der Waals surface area (Å²) in [5.74, 6) is 0.838. The zero-order valence-corrected chi connectivity index (χ0v) is 18.1. The van der Waals surface area contributed by atoms with E-state index in [1.807, 2.05) is 24.3 Å². The lowest BCUT2D eigenvalue weighted by molar-refractivity contribution is -0.0588. The van der Waals surface area contributed by atoms with Gasteiger partial charge in [-0.3, -0.25) is 0 Å². The van der Waals surface area contributed by atoms with Crippen molar-refractivity contribution in [2.24, 2.45) is 0 Å². The van der Waals surface area contributed by atoms with Gasteiger partial charge in [0.15, 0.2) is 0 Å². The molecule has 4 rings (SSSR count). The maximum absolute atomic E-state index is 10.7. The molecule has 1 spiro atoms. The van der Waals surface area contributed by atoms with Crippen molar-refractivity contribution < 1.29 is 14.9 Å². The monoisotopic (exact) mass is 445 g/mol. The largest absolute Gasteiger partial charge is 0.487 e. The van der Waals surface area contributed by atoms with Crippen molar-refractivity contribution in [3.8, 4) is 5.75 Å². The number of aliphatic hydroxyl groups is 2. The highest BCUT2D eigenvalue weighted by Gasteiger charge is 2.43. The summed E-state index contributed by atoms with van der Waals surface area (Å²) in [6.45, 7) is 6.50. The first kappa shape index (κ1) is 19.9. The molecule has 2 aliphatic rings. The van der Waals surface area contributed by atoms with Gasteiger partial charge in [0.1, 0.15) is 11.4 Å². The summed E-state index contributed by atoms with van der Waals surface area (Å²) in [6.07, 6.45) is 1.41. The lowest BCUT2D eigenvalue weighted by Gasteiger charge is -2.46. The molecule has 2 aromatic carbocycles. The fourth-order valence-corrected chi connectivity index (χ4v) is 4.65. The number of nitrogens with zero attached hydrogens (tertiary/aromatic N) is 1. The predicted molar refractivity (Wildman–Crippen MR) is 114 cm³/mol. The standard InChI is InChI=1S/C23H28BrNO3/c1-15-11-19-20(26)13-23(28-22(19)12-16(15)2)7-9-25(10-8-23)14-21(27)17-3-5-18(24)6-4-17/h3-6,11-12,20-21,26-27H,7-10,13-14H2,1-2H3. The van der Waals surface area contributed by atoms with E-state index in [0.717, 1.165) is 47.3 Å². The Morgan fingerprint density at radius 2 is 1.79 bits per heavy atom. The molecule has 2 N–H and O–H groups in total. The average molecular weight is 446 g/mol. The van der Waals surface area contributed by atoms with Crippen LogP contribution in [0.1, 0.15) is 53.7 Å². The van der Waals surface area contributed by atoms with Gasteiger partial charge >= 0.3 is 0 Å². The van der Waals surface area contributed by atoms with E-state index >= 15 is 0 Å². The molecule has 0 saturated carbocycles. The number of piperidine rings is 1. The summed E-state index contributed by atoms with van der Waals surface area (Å²) < 4.78 is 7.48. The Kier molecular flexibility index (Phi) is 5.53. The first-order valence-corrected chi connectivity index (χ1v) is 10.8. The average Bonchev–Trinajstić information content (AvgIpc) is 2.66. The highest BCUT2D eigenvalue weighted by atomic mass is 79.9. The molecule has 0 bridgehead atoms. The van der Waals surface area contributed by atoms with E-state index in [4.69, 9.17) is 4.74 Å². The van der Waals surface area contributed by atoms with E-state index in [-0.39, 0.29) is 5.60 Å². The third-order valence-electron chi connectivity index (χ3n) is 6.33. The van der Waals surface area contributed by atoms with Gasteiger partial charge in [0.25, 0.3) is 0 Å². The Balaban J connectivity index is 1.41. The number of fused-ring (bicyclic) bond motifs is 1. The Bertz CT molecular complexity index is 844. The van der Waals surface area contributed by atoms with Crippen LogP contribution in [0.15, 0.2) is 40.9 Å². The topological polar surface area (TPSA) is 52.9 Å². The van der Waals surface area contributed by atoms with E-state index in [1.54, 1.807) is 0 Å². The molecular weight excluding hydrogens is 418 g/mol. The van der Waals surface area contributed by atoms with Crippen LogP contribution < -0.4 is 4.74 Å². The van der Waals surface area contributed by atoms with Crippen LogP contribution in [0.4, 0.5) is 0 Å². The van der Waals surface area contributed by atoms with Crippen LogP contribution in [-0.2, 0) is 0 Å². The zero-order chi connectivity index (χ0) is 19.9. The maximum atomic E-state index is 10.7. The molecular formula is C23H28BrNO3. The number of ether oxygens (including phenoxy) is 1. The number of β-amino-alcohol motifs (C(OH)–C–C–N with tert-alkyl or cyclic N) is 1. The molecule has 2 aliphatic heterocycles. The molecule has 4 nitrogen and oxygen atoms in total. The maximum Gasteiger partial charge on any atom is 0.126 e. The van der Waals surface area contributed by atoms with Gasteiger partial charge < -0.3 is 19.8 Å². The molecule has 2 aromatic rings. The highest BCUT2D eigenvalue weighted by Crippen LogP contribution is 2.45. The summed E-state index contributed by atoms with van der Waals surface area (Å²) in [7, 11) is 0. The van der Waals surface area contributed by atoms with Gasteiger partial charge in [0, 0.05) is 36.1 Å². The molecule has 2 atom stereocenters. The molecule has 0 radical (unpaired) electrons. The van der Waals surface area contributed by atoms with Gasteiger partial charge in [0.2, 0.25) is 0 Å². The number of hydrogen-bond acceptors (Lipinski definition) is 4. The summed E-state index contributed by atoms with van der Waals surface area (Å²) in [5.41, 5.74) is 3.94. The lowest BCUT2D eigenvalue weighted by atomic mass is 9.81. The molecule has 28 heavy (non-hydrogen) atoms. The van der Waals surface area contributed by atoms with Crippen LogP contribution in [-0.4, -0.2) is 40.3 Å². The smallest absolute Gasteiger partial charge is 0.126 e. The summed E-state index contributed by atoms with van der Waals surface area (Å²) in [6, 6.07) is 12.0. The number of rotatable bonds is 3. The third-order valence-corrected chi connectivity index (χ3v) is 6.86. The van der Waals surface area contributed by atoms with Crippen LogP contribution in [0.2, 0.25) is 0 Å². The zero-order valence-electron chi connectivity index (χ0n) is 16.5. The van der Waals surface area contributed by atoms with Gasteiger partial charge in [-0.1, -0.05) is 28.1 Å². The summed E-state index contributed by atoms with van der Waals surface area (Å²) in [4.78, 5) is 2.30. The predicted octanol–water partition coefficient (Wildman–Crippen LogP) is 4.45. The summed E-state index contributed by atoms with van der Waals surface area (Å²) in [5, 5.41) is 21.3. The third kappa shape index (κ3) is 3.99. The highest BCUT2D eigenvalue weighted by molar-refractivity contribution is 9.10. The first-order valence-electron chi connectivity index (χ1n) is 9.99. The molecule has 0 amide bonds. The van der Waals surface area contributed by atoms with Crippen molar-refractivity contribution in [1.29, 1.82) is 0 Å². The van der Waals surface area contributed by atoms with Crippen LogP contribution in [0.5, 0.6) is 5.75 Å². The molecule has 2 heterocycles. The first-order chi connectivity index (χ1) is 13.3. The second kappa shape index (κ2) is 7.79. The normalized spacial score (nSPS) is 22.5. The Hall–Kier alpha value is -1.40. The van der Waals surface area contributed by atoms with Gasteiger partial charge in [-0.2, -0.15) is 0 Å². The number of hydrogen-bond donors (Lipinski definition) is 2. The SMILES string of the molecule is Cc1cc2c(cc1C)C(O)CC1(CCN(CC(O)c3ccc(Br)cc3)CC1)O2. The van der Waals surface area contributed by atoms with Gasteiger partial charge in [-0.05, 0) is 67.6 Å². The van der Waals surface area contributed by atoms with Crippen molar-refractivity contribution in [2.75, 3.05) is 19.6 Å². The van der Waals surface area contributed by atoms with E-state index in [0.29, 0.717) is 13.0 Å². The minimum absolute atomic E-state index is 0.298. The van der Waals surface area contributed by atoms with Gasteiger partial charge in [0.05, 0.1) is 12.2 Å². The fourth-order valence-electron chi connectivity index (χ4n) is 4.38. The second-order valence-corrected chi connectivity index (χ2v) is 9.26. The van der Waals surface area contributed by atoms with Crippen LogP contribution in [0, 0.1) is 13.8 Å². The van der Waals surface area contributed by atoms with Crippen molar-refractivity contribution in [2.45, 2.75) is 50.9 Å². The minimum Gasteiger partial charge on any atom is -0.487 e. The lowest BCUT2D eigenvalue weighted by Crippen LogP contribution is -2.51. The Morgan fingerprint density at radius 3 is 2.46 bits per heavy atom. The van der Waals surface area contributed by atoms with Crippen molar-refractivity contribution in [1.82, 2.24) is 4.90 Å². The number of aliphatic hydroxyl groups excluding tert-OH is 2. The second-order valence-electron chi connectivity index (χ2n) is 8.35. The van der Waals surface area contributed by atoms with E-state index < -0.39 is 12.2 Å². The molecule has 5 heteroatoms. The number of aryl methyl sites for hydroxylation is 2. The van der Waals surface area contributed by atoms with E-state index in [9.17, 15) is 10.2 Å². The van der Waals surface area contributed by atoms with Crippen LogP contribution in [0.3, 0.4) is 0 Å². The molecule has 2 unspecified atom stereocenters. The van der Waals surface area contributed by atoms with Gasteiger partial charge in [-0.15, -0.1) is 0 Å². The minimum atomic E-state index is -0.494. The van der Waals surface area contributed by atoms with Crippen molar-refractivity contribution in [3.63, 3.8) is 0 Å². The van der Waals surface area contributed by atoms with Gasteiger partial charge in [-0.25, -0.2) is 0 Å². The quantitative estimate of drug-likeness (QED) is 0.732. The number of halogens is 1. The van der Waals surface area contributed by atoms with Crippen molar-refractivity contribution in [3.05, 3.63) is 63.1 Å². The molecule has 150 valence electrons. The summed E-state index contributed by atoms with van der Waals surface area (Å²) >= 11 is 3.43.